The number of benzene rings is 1. The molecule has 0 saturated carbocycles. The van der Waals surface area contributed by atoms with Crippen LogP contribution in [0.15, 0.2) is 17.0 Å². The predicted octanol–water partition coefficient (Wildman–Crippen LogP) is 2.30. The Morgan fingerprint density at radius 2 is 1.59 bits per heavy atom. The largest absolute Gasteiger partial charge is 0.340 e. The molecule has 0 spiro atoms. The van der Waals surface area contributed by atoms with E-state index in [4.69, 9.17) is 0 Å². The van der Waals surface area contributed by atoms with Gasteiger partial charge in [0, 0.05) is 45.7 Å². The number of hydrogen-bond donors (Lipinski definition) is 1. The molecule has 1 N–H and O–H groups in total. The molecule has 7 nitrogen and oxygen atoms in total. The molecule has 2 aliphatic rings. The molecule has 2 saturated heterocycles. The molecule has 180 valence electrons. The number of piperazine rings is 1. The van der Waals surface area contributed by atoms with E-state index in [1.807, 2.05) is 37.8 Å². The zero-order chi connectivity index (χ0) is 23.1. The lowest BCUT2D eigenvalue weighted by molar-refractivity contribution is -0.131. The van der Waals surface area contributed by atoms with Gasteiger partial charge in [0.25, 0.3) is 0 Å². The van der Waals surface area contributed by atoms with Gasteiger partial charge in [-0.3, -0.25) is 4.79 Å². The van der Waals surface area contributed by atoms with Crippen molar-refractivity contribution in [3.8, 4) is 0 Å². The highest BCUT2D eigenvalue weighted by molar-refractivity contribution is 7.89. The molecule has 0 atom stereocenters. The molecule has 2 heterocycles. The lowest BCUT2D eigenvalue weighted by Gasteiger charge is -2.30. The van der Waals surface area contributed by atoms with Crippen molar-refractivity contribution < 1.29 is 13.2 Å². The van der Waals surface area contributed by atoms with Crippen molar-refractivity contribution in [3.05, 3.63) is 28.8 Å². The quantitative estimate of drug-likeness (QED) is 0.607. The van der Waals surface area contributed by atoms with Gasteiger partial charge in [-0.25, -0.2) is 8.42 Å². The van der Waals surface area contributed by atoms with Crippen molar-refractivity contribution in [2.24, 2.45) is 0 Å². The van der Waals surface area contributed by atoms with Crippen molar-refractivity contribution in [2.75, 3.05) is 58.9 Å². The van der Waals surface area contributed by atoms with Gasteiger partial charge < -0.3 is 15.1 Å². The number of piperidine rings is 1. The zero-order valence-electron chi connectivity index (χ0n) is 20.0. The Morgan fingerprint density at radius 3 is 2.22 bits per heavy atom. The Bertz CT molecular complexity index is 852. The second-order valence-electron chi connectivity index (χ2n) is 9.27. The maximum atomic E-state index is 13.7. The molecule has 1 aromatic carbocycles. The first kappa shape index (κ1) is 25.1. The standard InChI is InChI=1S/C24H40N4O3S/c1-20-18-21(2)24(22(3)19-20)32(30,31)28(14-7-13-26-11-5-4-6-12-26)15-8-23(29)27-16-9-25-10-17-27/h18-19,25H,4-17H2,1-3H3. The molecule has 1 amide bonds. The molecule has 0 aliphatic carbocycles. The van der Waals surface area contributed by atoms with E-state index in [0.717, 1.165) is 55.8 Å². The van der Waals surface area contributed by atoms with Crippen LogP contribution in [0.2, 0.25) is 0 Å². The van der Waals surface area contributed by atoms with Gasteiger partial charge in [-0.2, -0.15) is 4.31 Å². The molecule has 0 bridgehead atoms. The highest BCUT2D eigenvalue weighted by Gasteiger charge is 2.29. The van der Waals surface area contributed by atoms with E-state index in [1.54, 1.807) is 4.31 Å². The molecule has 8 heteroatoms. The number of rotatable bonds is 9. The van der Waals surface area contributed by atoms with Gasteiger partial charge >= 0.3 is 0 Å². The number of aryl methyl sites for hydroxylation is 3. The fraction of sp³-hybridized carbons (Fsp3) is 0.708. The van der Waals surface area contributed by atoms with Crippen LogP contribution in [0.4, 0.5) is 0 Å². The van der Waals surface area contributed by atoms with Crippen molar-refractivity contribution in [1.82, 2.24) is 19.4 Å². The Hall–Kier alpha value is -1.48. The van der Waals surface area contributed by atoms with Gasteiger partial charge in [-0.05, 0) is 70.8 Å². The normalized spacial score (nSPS) is 18.3. The van der Waals surface area contributed by atoms with Gasteiger partial charge in [-0.1, -0.05) is 24.1 Å². The third kappa shape index (κ3) is 6.53. The van der Waals surface area contributed by atoms with E-state index >= 15 is 0 Å². The fourth-order valence-electron chi connectivity index (χ4n) is 5.00. The molecule has 1 aromatic rings. The van der Waals surface area contributed by atoms with E-state index < -0.39 is 10.0 Å². The van der Waals surface area contributed by atoms with E-state index in [0.29, 0.717) is 24.5 Å². The van der Waals surface area contributed by atoms with Gasteiger partial charge in [-0.15, -0.1) is 0 Å². The third-order valence-corrected chi connectivity index (χ3v) is 8.78. The third-order valence-electron chi connectivity index (χ3n) is 6.58. The highest BCUT2D eigenvalue weighted by Crippen LogP contribution is 2.26. The average Bonchev–Trinajstić information content (AvgIpc) is 2.76. The number of hydrogen-bond acceptors (Lipinski definition) is 5. The minimum absolute atomic E-state index is 0.0417. The van der Waals surface area contributed by atoms with Crippen molar-refractivity contribution in [2.45, 2.75) is 57.8 Å². The van der Waals surface area contributed by atoms with Crippen LogP contribution in [-0.4, -0.2) is 87.3 Å². The Labute approximate surface area is 194 Å². The predicted molar refractivity (Wildman–Crippen MR) is 128 cm³/mol. The van der Waals surface area contributed by atoms with Crippen LogP contribution in [-0.2, 0) is 14.8 Å². The first-order valence-electron chi connectivity index (χ1n) is 12.1. The number of amides is 1. The summed E-state index contributed by atoms with van der Waals surface area (Å²) in [5, 5.41) is 3.25. The lowest BCUT2D eigenvalue weighted by atomic mass is 10.1. The second-order valence-corrected chi connectivity index (χ2v) is 11.1. The summed E-state index contributed by atoms with van der Waals surface area (Å²) in [6.45, 7) is 12.5. The van der Waals surface area contributed by atoms with Crippen molar-refractivity contribution in [1.29, 1.82) is 0 Å². The van der Waals surface area contributed by atoms with E-state index in [-0.39, 0.29) is 18.9 Å². The van der Waals surface area contributed by atoms with Crippen LogP contribution in [0.3, 0.4) is 0 Å². The summed E-state index contributed by atoms with van der Waals surface area (Å²) in [6, 6.07) is 3.86. The molecule has 0 radical (unpaired) electrons. The van der Waals surface area contributed by atoms with Gasteiger partial charge in [0.05, 0.1) is 4.90 Å². The summed E-state index contributed by atoms with van der Waals surface area (Å²) >= 11 is 0. The van der Waals surface area contributed by atoms with E-state index in [1.165, 1.54) is 19.3 Å². The SMILES string of the molecule is Cc1cc(C)c(S(=O)(=O)N(CCCN2CCCCC2)CCC(=O)N2CCNCC2)c(C)c1. The minimum atomic E-state index is -3.68. The summed E-state index contributed by atoms with van der Waals surface area (Å²) < 4.78 is 29.0. The lowest BCUT2D eigenvalue weighted by Crippen LogP contribution is -2.47. The molecule has 0 unspecified atom stereocenters. The summed E-state index contributed by atoms with van der Waals surface area (Å²) in [6.07, 6.45) is 4.75. The zero-order valence-corrected chi connectivity index (χ0v) is 20.8. The van der Waals surface area contributed by atoms with Gasteiger partial charge in [0.15, 0.2) is 0 Å². The van der Waals surface area contributed by atoms with Crippen LogP contribution in [0.1, 0.15) is 48.8 Å². The first-order chi connectivity index (χ1) is 15.3. The number of sulfonamides is 1. The highest BCUT2D eigenvalue weighted by atomic mass is 32.2. The number of nitrogens with zero attached hydrogens (tertiary/aromatic N) is 3. The summed E-state index contributed by atoms with van der Waals surface area (Å²) in [4.78, 5) is 17.4. The van der Waals surface area contributed by atoms with Crippen molar-refractivity contribution in [3.63, 3.8) is 0 Å². The molecule has 2 fully saturated rings. The summed E-state index contributed by atoms with van der Waals surface area (Å²) in [5.41, 5.74) is 2.61. The monoisotopic (exact) mass is 464 g/mol. The van der Waals surface area contributed by atoms with Crippen molar-refractivity contribution >= 4 is 15.9 Å². The number of carbonyl (C=O) groups excluding carboxylic acids is 1. The van der Waals surface area contributed by atoms with E-state index in [2.05, 4.69) is 10.2 Å². The topological polar surface area (TPSA) is 73.0 Å². The number of likely N-dealkylation sites (tertiary alicyclic amines) is 1. The Kier molecular flexibility index (Phi) is 9.11. The Morgan fingerprint density at radius 1 is 0.969 bits per heavy atom. The Balaban J connectivity index is 1.73. The summed E-state index contributed by atoms with van der Waals surface area (Å²) in [5.74, 6) is 0.0417. The smallest absolute Gasteiger partial charge is 0.243 e. The molecular weight excluding hydrogens is 424 g/mol. The van der Waals surface area contributed by atoms with Gasteiger partial charge in [0.2, 0.25) is 15.9 Å². The average molecular weight is 465 g/mol. The molecule has 3 rings (SSSR count). The van der Waals surface area contributed by atoms with Crippen LogP contribution in [0.25, 0.3) is 0 Å². The fourth-order valence-corrected chi connectivity index (χ4v) is 6.89. The molecule has 2 aliphatic heterocycles. The maximum absolute atomic E-state index is 13.7. The number of nitrogens with one attached hydrogen (secondary N) is 1. The second kappa shape index (κ2) is 11.6. The van der Waals surface area contributed by atoms with E-state index in [9.17, 15) is 13.2 Å². The van der Waals surface area contributed by atoms with Crippen LogP contribution < -0.4 is 5.32 Å². The summed E-state index contributed by atoms with van der Waals surface area (Å²) in [7, 11) is -3.68. The first-order valence-corrected chi connectivity index (χ1v) is 13.5. The van der Waals surface area contributed by atoms with Crippen LogP contribution >= 0.6 is 0 Å². The molecule has 0 aromatic heterocycles. The number of carbonyl (C=O) groups is 1. The van der Waals surface area contributed by atoms with Crippen LogP contribution in [0, 0.1) is 20.8 Å². The maximum Gasteiger partial charge on any atom is 0.243 e. The van der Waals surface area contributed by atoms with Crippen LogP contribution in [0.5, 0.6) is 0 Å². The molecular formula is C24H40N4O3S. The van der Waals surface area contributed by atoms with Gasteiger partial charge in [0.1, 0.15) is 0 Å². The molecule has 32 heavy (non-hydrogen) atoms. The minimum Gasteiger partial charge on any atom is -0.340 e.